The van der Waals surface area contributed by atoms with Crippen molar-refractivity contribution in [1.82, 2.24) is 15.1 Å². The Hall–Kier alpha value is -1.10. The third-order valence-corrected chi connectivity index (χ3v) is 5.51. The van der Waals surface area contributed by atoms with Crippen molar-refractivity contribution in [3.05, 3.63) is 0 Å². The number of carbonyl (C=O) groups is 2. The summed E-state index contributed by atoms with van der Waals surface area (Å²) in [7, 11) is 0. The average Bonchev–Trinajstić information content (AvgIpc) is 2.84. The lowest BCUT2D eigenvalue weighted by molar-refractivity contribution is -0.149. The van der Waals surface area contributed by atoms with Crippen molar-refractivity contribution in [2.45, 2.75) is 57.4 Å². The molecule has 1 unspecified atom stereocenters. The highest BCUT2D eigenvalue weighted by Gasteiger charge is 2.34. The van der Waals surface area contributed by atoms with E-state index in [0.717, 1.165) is 58.3 Å². The zero-order valence-electron chi connectivity index (χ0n) is 13.6. The number of hydrogen-bond donors (Lipinski definition) is 1. The van der Waals surface area contributed by atoms with Gasteiger partial charge in [-0.05, 0) is 45.2 Å². The van der Waals surface area contributed by atoms with Crippen molar-refractivity contribution in [2.75, 3.05) is 32.7 Å². The van der Waals surface area contributed by atoms with Gasteiger partial charge in [0.05, 0.1) is 6.54 Å². The van der Waals surface area contributed by atoms with Crippen LogP contribution in [0.2, 0.25) is 0 Å². The van der Waals surface area contributed by atoms with Crippen LogP contribution < -0.4 is 5.32 Å². The first-order chi connectivity index (χ1) is 10.8. The van der Waals surface area contributed by atoms with Crippen molar-refractivity contribution in [1.29, 1.82) is 0 Å². The van der Waals surface area contributed by atoms with Crippen molar-refractivity contribution in [2.24, 2.45) is 5.92 Å². The summed E-state index contributed by atoms with van der Waals surface area (Å²) in [5, 5.41) is 3.35. The van der Waals surface area contributed by atoms with Gasteiger partial charge in [0.1, 0.15) is 0 Å². The van der Waals surface area contributed by atoms with E-state index in [2.05, 4.69) is 10.2 Å². The van der Waals surface area contributed by atoms with Gasteiger partial charge in [0.15, 0.2) is 0 Å². The molecule has 3 fully saturated rings. The van der Waals surface area contributed by atoms with Crippen LogP contribution in [0.3, 0.4) is 0 Å². The predicted molar refractivity (Wildman–Crippen MR) is 85.4 cm³/mol. The van der Waals surface area contributed by atoms with Crippen LogP contribution in [0.15, 0.2) is 0 Å². The van der Waals surface area contributed by atoms with Gasteiger partial charge >= 0.3 is 0 Å². The lowest BCUT2D eigenvalue weighted by Crippen LogP contribution is -2.56. The molecule has 0 radical (unpaired) electrons. The van der Waals surface area contributed by atoms with E-state index in [0.29, 0.717) is 12.6 Å². The molecular weight excluding hydrogens is 278 g/mol. The van der Waals surface area contributed by atoms with Crippen LogP contribution in [-0.4, -0.2) is 60.4 Å². The molecule has 3 aliphatic rings. The highest BCUT2D eigenvalue weighted by Crippen LogP contribution is 2.25. The summed E-state index contributed by atoms with van der Waals surface area (Å²) in [5.41, 5.74) is 0. The summed E-state index contributed by atoms with van der Waals surface area (Å²) >= 11 is 0. The molecule has 0 bridgehead atoms. The fraction of sp³-hybridized carbons (Fsp3) is 0.882. The largest absolute Gasteiger partial charge is 0.336 e. The maximum absolute atomic E-state index is 12.7. The number of piperazine rings is 1. The van der Waals surface area contributed by atoms with E-state index in [9.17, 15) is 9.59 Å². The summed E-state index contributed by atoms with van der Waals surface area (Å²) < 4.78 is 0. The van der Waals surface area contributed by atoms with Crippen molar-refractivity contribution >= 4 is 11.8 Å². The Balaban J connectivity index is 1.54. The minimum Gasteiger partial charge on any atom is -0.336 e. The fourth-order valence-corrected chi connectivity index (χ4v) is 4.18. The van der Waals surface area contributed by atoms with Gasteiger partial charge in [-0.25, -0.2) is 0 Å². The Morgan fingerprint density at radius 3 is 2.55 bits per heavy atom. The smallest absolute Gasteiger partial charge is 0.242 e. The third kappa shape index (κ3) is 3.62. The van der Waals surface area contributed by atoms with Crippen LogP contribution in [0.1, 0.15) is 51.4 Å². The molecule has 22 heavy (non-hydrogen) atoms. The standard InChI is InChI=1S/C17H29N3O2/c21-16-13-19(17(22)14-5-4-9-18-10-8-14)11-12-20(16)15-6-2-1-3-7-15/h14-15,18H,1-13H2. The molecule has 1 N–H and O–H groups in total. The van der Waals surface area contributed by atoms with Gasteiger partial charge in [-0.15, -0.1) is 0 Å². The molecule has 2 aliphatic heterocycles. The molecule has 2 amide bonds. The lowest BCUT2D eigenvalue weighted by atomic mass is 9.93. The van der Waals surface area contributed by atoms with Crippen molar-refractivity contribution in [3.63, 3.8) is 0 Å². The van der Waals surface area contributed by atoms with Crippen LogP contribution in [0.25, 0.3) is 0 Å². The molecule has 3 rings (SSSR count). The molecule has 0 aromatic heterocycles. The van der Waals surface area contributed by atoms with Crippen LogP contribution in [0, 0.1) is 5.92 Å². The van der Waals surface area contributed by atoms with Crippen molar-refractivity contribution < 1.29 is 9.59 Å². The quantitative estimate of drug-likeness (QED) is 0.838. The summed E-state index contributed by atoms with van der Waals surface area (Å²) in [5.74, 6) is 0.489. The predicted octanol–water partition coefficient (Wildman–Crippen LogP) is 1.38. The molecule has 1 atom stereocenters. The first-order valence-electron chi connectivity index (χ1n) is 9.04. The molecule has 124 valence electrons. The number of hydrogen-bond acceptors (Lipinski definition) is 3. The number of nitrogens with zero attached hydrogens (tertiary/aromatic N) is 2. The van der Waals surface area contributed by atoms with Crippen molar-refractivity contribution in [3.8, 4) is 0 Å². The summed E-state index contributed by atoms with van der Waals surface area (Å²) in [4.78, 5) is 29.0. The van der Waals surface area contributed by atoms with E-state index in [1.807, 2.05) is 4.90 Å². The van der Waals surface area contributed by atoms with Gasteiger partial charge in [-0.3, -0.25) is 9.59 Å². The van der Waals surface area contributed by atoms with E-state index in [1.54, 1.807) is 0 Å². The zero-order chi connectivity index (χ0) is 15.4. The Bertz CT molecular complexity index is 399. The van der Waals surface area contributed by atoms with Crippen LogP contribution >= 0.6 is 0 Å². The molecular formula is C17H29N3O2. The summed E-state index contributed by atoms with van der Waals surface area (Å²) in [6, 6.07) is 0.431. The van der Waals surface area contributed by atoms with Gasteiger partial charge in [0, 0.05) is 25.0 Å². The third-order valence-electron chi connectivity index (χ3n) is 5.51. The highest BCUT2D eigenvalue weighted by molar-refractivity contribution is 5.87. The maximum atomic E-state index is 12.7. The molecule has 2 saturated heterocycles. The molecule has 5 heteroatoms. The summed E-state index contributed by atoms with van der Waals surface area (Å²) in [6.07, 6.45) is 9.02. The molecule has 1 saturated carbocycles. The van der Waals surface area contributed by atoms with Crippen LogP contribution in [0.4, 0.5) is 0 Å². The van der Waals surface area contributed by atoms with Gasteiger partial charge in [-0.2, -0.15) is 0 Å². The minimum absolute atomic E-state index is 0.115. The number of rotatable bonds is 2. The molecule has 2 heterocycles. The SMILES string of the molecule is O=C(C1CCCNCC1)N1CCN(C2CCCCC2)C(=O)C1. The van der Waals surface area contributed by atoms with E-state index in [-0.39, 0.29) is 17.7 Å². The monoisotopic (exact) mass is 307 g/mol. The first kappa shape index (κ1) is 15.8. The molecule has 1 aliphatic carbocycles. The van der Waals surface area contributed by atoms with Gasteiger partial charge < -0.3 is 15.1 Å². The van der Waals surface area contributed by atoms with E-state index >= 15 is 0 Å². The summed E-state index contributed by atoms with van der Waals surface area (Å²) in [6.45, 7) is 3.70. The Morgan fingerprint density at radius 2 is 1.77 bits per heavy atom. The first-order valence-corrected chi connectivity index (χ1v) is 9.04. The zero-order valence-corrected chi connectivity index (χ0v) is 13.6. The van der Waals surface area contributed by atoms with E-state index in [1.165, 1.54) is 19.3 Å². The molecule has 0 spiro atoms. The average molecular weight is 307 g/mol. The van der Waals surface area contributed by atoms with Crippen LogP contribution in [0.5, 0.6) is 0 Å². The van der Waals surface area contributed by atoms with Crippen LogP contribution in [-0.2, 0) is 9.59 Å². The number of nitrogens with one attached hydrogen (secondary N) is 1. The lowest BCUT2D eigenvalue weighted by Gasteiger charge is -2.41. The molecule has 0 aromatic carbocycles. The van der Waals surface area contributed by atoms with Gasteiger partial charge in [0.2, 0.25) is 11.8 Å². The maximum Gasteiger partial charge on any atom is 0.242 e. The van der Waals surface area contributed by atoms with E-state index in [4.69, 9.17) is 0 Å². The Morgan fingerprint density at radius 1 is 0.955 bits per heavy atom. The minimum atomic E-state index is 0.115. The second-order valence-electron chi connectivity index (χ2n) is 7.02. The fourth-order valence-electron chi connectivity index (χ4n) is 4.18. The normalized spacial score (nSPS) is 28.5. The number of carbonyl (C=O) groups excluding carboxylic acids is 2. The van der Waals surface area contributed by atoms with Gasteiger partial charge in [-0.1, -0.05) is 19.3 Å². The highest BCUT2D eigenvalue weighted by atomic mass is 16.2. The Labute approximate surface area is 133 Å². The van der Waals surface area contributed by atoms with Gasteiger partial charge in [0.25, 0.3) is 0 Å². The second-order valence-corrected chi connectivity index (χ2v) is 7.02. The Kier molecular flexibility index (Phi) is 5.34. The second kappa shape index (κ2) is 7.44. The van der Waals surface area contributed by atoms with E-state index < -0.39 is 0 Å². The molecule has 5 nitrogen and oxygen atoms in total. The number of amides is 2. The topological polar surface area (TPSA) is 52.7 Å². The molecule has 0 aromatic rings.